The van der Waals surface area contributed by atoms with E-state index in [1.165, 1.54) is 24.3 Å². The van der Waals surface area contributed by atoms with E-state index in [4.69, 9.17) is 21.1 Å². The molecule has 0 aliphatic carbocycles. The molecule has 0 radical (unpaired) electrons. The van der Waals surface area contributed by atoms with Gasteiger partial charge in [-0.3, -0.25) is 9.59 Å². The van der Waals surface area contributed by atoms with Crippen molar-refractivity contribution in [1.82, 2.24) is 14.7 Å². The lowest BCUT2D eigenvalue weighted by Gasteiger charge is -2.42. The molecule has 2 heterocycles. The number of rotatable bonds is 8. The summed E-state index contributed by atoms with van der Waals surface area (Å²) in [6.45, 7) is 4.52. The summed E-state index contributed by atoms with van der Waals surface area (Å²) in [7, 11) is 2.07. The summed E-state index contributed by atoms with van der Waals surface area (Å²) in [4.78, 5) is 31.9. The molecule has 7 nitrogen and oxygen atoms in total. The molecule has 0 saturated carbocycles. The molecular weight excluding hydrogens is 485 g/mol. The molecule has 2 fully saturated rings. The molecule has 0 unspecified atom stereocenters. The van der Waals surface area contributed by atoms with Crippen molar-refractivity contribution in [3.63, 3.8) is 0 Å². The van der Waals surface area contributed by atoms with Crippen LogP contribution in [-0.4, -0.2) is 86.0 Å². The molecule has 0 aromatic heterocycles. The van der Waals surface area contributed by atoms with Crippen molar-refractivity contribution >= 4 is 23.4 Å². The molecule has 0 atom stereocenters. The first-order valence-corrected chi connectivity index (χ1v) is 12.7. The third-order valence-electron chi connectivity index (χ3n) is 7.09. The average molecular weight is 518 g/mol. The molecule has 2 aromatic carbocycles. The Morgan fingerprint density at radius 3 is 2.03 bits per heavy atom. The van der Waals surface area contributed by atoms with Crippen molar-refractivity contribution < 1.29 is 23.5 Å². The van der Waals surface area contributed by atoms with Crippen LogP contribution in [0.3, 0.4) is 0 Å². The van der Waals surface area contributed by atoms with Gasteiger partial charge in [-0.05, 0) is 68.4 Å². The minimum Gasteiger partial charge on any atom is -0.493 e. The predicted octanol–water partition coefficient (Wildman–Crippen LogP) is 3.71. The van der Waals surface area contributed by atoms with Crippen LogP contribution in [0.2, 0.25) is 5.02 Å². The molecule has 0 spiro atoms. The summed E-state index contributed by atoms with van der Waals surface area (Å²) in [6, 6.07) is 12.8. The maximum atomic E-state index is 13.2. The number of hydrogen-bond acceptors (Lipinski definition) is 5. The molecule has 2 aliphatic rings. The quantitative estimate of drug-likeness (QED) is 0.534. The number of carbonyl (C=O) groups is 2. The van der Waals surface area contributed by atoms with Crippen molar-refractivity contribution in [1.29, 1.82) is 0 Å². The average Bonchev–Trinajstić information content (AvgIpc) is 2.89. The van der Waals surface area contributed by atoms with E-state index >= 15 is 0 Å². The zero-order chi connectivity index (χ0) is 25.5. The van der Waals surface area contributed by atoms with Crippen LogP contribution in [0.4, 0.5) is 4.39 Å². The SMILES string of the molecule is CN1CCN(C(=O)CC2(COc3ccc(Cl)cc3)CCN(C(=O)COc3ccc(F)cc3)CC2)CC1. The van der Waals surface area contributed by atoms with Crippen molar-refractivity contribution in [2.75, 3.05) is 59.5 Å². The number of likely N-dealkylation sites (N-methyl/N-ethyl adjacent to an activating group) is 1. The van der Waals surface area contributed by atoms with Gasteiger partial charge in [0.25, 0.3) is 5.91 Å². The van der Waals surface area contributed by atoms with Crippen LogP contribution in [0.1, 0.15) is 19.3 Å². The van der Waals surface area contributed by atoms with Gasteiger partial charge in [0.1, 0.15) is 17.3 Å². The standard InChI is InChI=1S/C27H33ClFN3O4/c1-30-14-16-32(17-15-30)25(33)18-27(20-36-24-6-2-21(28)3-7-24)10-12-31(13-11-27)26(34)19-35-23-8-4-22(29)5-9-23/h2-9H,10-20H2,1H3. The molecule has 2 aliphatic heterocycles. The minimum atomic E-state index is -0.366. The fourth-order valence-electron chi connectivity index (χ4n) is 4.63. The highest BCUT2D eigenvalue weighted by Crippen LogP contribution is 2.37. The number of amides is 2. The maximum Gasteiger partial charge on any atom is 0.260 e. The second-order valence-corrected chi connectivity index (χ2v) is 10.2. The number of hydrogen-bond donors (Lipinski definition) is 0. The highest BCUT2D eigenvalue weighted by atomic mass is 35.5. The molecule has 4 rings (SSSR count). The maximum absolute atomic E-state index is 13.2. The first-order valence-electron chi connectivity index (χ1n) is 12.3. The first-order chi connectivity index (χ1) is 17.3. The van der Waals surface area contributed by atoms with Gasteiger partial charge in [0.2, 0.25) is 5.91 Å². The van der Waals surface area contributed by atoms with Gasteiger partial charge in [0.15, 0.2) is 6.61 Å². The van der Waals surface area contributed by atoms with Gasteiger partial charge < -0.3 is 24.2 Å². The molecule has 0 N–H and O–H groups in total. The Bertz CT molecular complexity index is 1020. The summed E-state index contributed by atoms with van der Waals surface area (Å²) in [6.07, 6.45) is 1.70. The van der Waals surface area contributed by atoms with Crippen molar-refractivity contribution in [2.45, 2.75) is 19.3 Å². The van der Waals surface area contributed by atoms with Crippen LogP contribution in [0, 0.1) is 11.2 Å². The molecule has 2 aromatic rings. The highest BCUT2D eigenvalue weighted by Gasteiger charge is 2.40. The van der Waals surface area contributed by atoms with Gasteiger partial charge in [-0.1, -0.05) is 11.6 Å². The number of piperidine rings is 1. The van der Waals surface area contributed by atoms with Crippen LogP contribution in [0.5, 0.6) is 11.5 Å². The van der Waals surface area contributed by atoms with Crippen LogP contribution in [0.15, 0.2) is 48.5 Å². The molecule has 9 heteroatoms. The zero-order valence-corrected chi connectivity index (χ0v) is 21.4. The third-order valence-corrected chi connectivity index (χ3v) is 7.35. The van der Waals surface area contributed by atoms with Gasteiger partial charge in [-0.2, -0.15) is 0 Å². The van der Waals surface area contributed by atoms with E-state index in [2.05, 4.69) is 11.9 Å². The van der Waals surface area contributed by atoms with Crippen LogP contribution in [0.25, 0.3) is 0 Å². The number of carbonyl (C=O) groups excluding carboxylic acids is 2. The Labute approximate surface area is 216 Å². The van der Waals surface area contributed by atoms with Gasteiger partial charge in [-0.15, -0.1) is 0 Å². The first kappa shape index (κ1) is 26.2. The zero-order valence-electron chi connectivity index (χ0n) is 20.6. The number of likely N-dealkylation sites (tertiary alicyclic amines) is 1. The van der Waals surface area contributed by atoms with E-state index in [9.17, 15) is 14.0 Å². The Morgan fingerprint density at radius 2 is 1.39 bits per heavy atom. The highest BCUT2D eigenvalue weighted by molar-refractivity contribution is 6.30. The number of halogens is 2. The van der Waals surface area contributed by atoms with Gasteiger partial charge in [0, 0.05) is 56.1 Å². The topological polar surface area (TPSA) is 62.3 Å². The van der Waals surface area contributed by atoms with E-state index in [1.807, 2.05) is 17.0 Å². The van der Waals surface area contributed by atoms with E-state index in [1.54, 1.807) is 17.0 Å². The monoisotopic (exact) mass is 517 g/mol. The van der Waals surface area contributed by atoms with E-state index in [0.29, 0.717) is 55.5 Å². The summed E-state index contributed by atoms with van der Waals surface area (Å²) >= 11 is 6.00. The lowest BCUT2D eigenvalue weighted by atomic mass is 9.75. The van der Waals surface area contributed by atoms with Crippen molar-refractivity contribution in [3.8, 4) is 11.5 Å². The minimum absolute atomic E-state index is 0.111. The Morgan fingerprint density at radius 1 is 0.833 bits per heavy atom. The lowest BCUT2D eigenvalue weighted by Crippen LogP contribution is -2.51. The summed E-state index contributed by atoms with van der Waals surface area (Å²) in [5, 5.41) is 0.636. The molecule has 36 heavy (non-hydrogen) atoms. The molecule has 2 amide bonds. The fourth-order valence-corrected chi connectivity index (χ4v) is 4.75. The molecular formula is C27H33ClFN3O4. The summed E-state index contributed by atoms with van der Waals surface area (Å²) in [5.41, 5.74) is -0.366. The van der Waals surface area contributed by atoms with Gasteiger partial charge in [0.05, 0.1) is 6.61 Å². The molecule has 0 bridgehead atoms. The normalized spacial score (nSPS) is 18.1. The van der Waals surface area contributed by atoms with E-state index < -0.39 is 0 Å². The van der Waals surface area contributed by atoms with Crippen LogP contribution in [-0.2, 0) is 9.59 Å². The molecule has 2 saturated heterocycles. The van der Waals surface area contributed by atoms with Crippen LogP contribution >= 0.6 is 11.6 Å². The number of piperazine rings is 1. The van der Waals surface area contributed by atoms with Crippen LogP contribution < -0.4 is 9.47 Å². The second kappa shape index (κ2) is 11.9. The Hall–Kier alpha value is -2.84. The van der Waals surface area contributed by atoms with E-state index in [0.717, 1.165) is 26.2 Å². The Kier molecular flexibility index (Phi) is 8.69. The van der Waals surface area contributed by atoms with Gasteiger partial charge >= 0.3 is 0 Å². The largest absolute Gasteiger partial charge is 0.493 e. The third kappa shape index (κ3) is 7.11. The number of ether oxygens (including phenoxy) is 2. The second-order valence-electron chi connectivity index (χ2n) is 9.73. The summed E-state index contributed by atoms with van der Waals surface area (Å²) < 4.78 is 24.7. The van der Waals surface area contributed by atoms with Crippen molar-refractivity contribution in [3.05, 3.63) is 59.4 Å². The number of nitrogens with zero attached hydrogens (tertiary/aromatic N) is 3. The van der Waals surface area contributed by atoms with Crippen molar-refractivity contribution in [2.24, 2.45) is 5.41 Å². The smallest absolute Gasteiger partial charge is 0.260 e. The lowest BCUT2D eigenvalue weighted by molar-refractivity contribution is -0.140. The van der Waals surface area contributed by atoms with Gasteiger partial charge in [-0.25, -0.2) is 4.39 Å². The van der Waals surface area contributed by atoms with E-state index in [-0.39, 0.29) is 29.7 Å². The fraction of sp³-hybridized carbons (Fsp3) is 0.481. The number of benzene rings is 2. The predicted molar refractivity (Wildman–Crippen MR) is 136 cm³/mol. The molecule has 194 valence electrons. The summed E-state index contributed by atoms with van der Waals surface area (Å²) in [5.74, 6) is 0.814. The Balaban J connectivity index is 1.36.